The molecule has 5 rings (SSSR count). The van der Waals surface area contributed by atoms with E-state index in [-0.39, 0.29) is 5.91 Å². The molecule has 1 aliphatic heterocycles. The number of rotatable bonds is 7. The average molecular weight is 446 g/mol. The van der Waals surface area contributed by atoms with Gasteiger partial charge in [-0.2, -0.15) is 5.10 Å². The van der Waals surface area contributed by atoms with E-state index in [0.717, 1.165) is 35.7 Å². The van der Waals surface area contributed by atoms with Crippen LogP contribution in [0.2, 0.25) is 0 Å². The zero-order chi connectivity index (χ0) is 22.6. The van der Waals surface area contributed by atoms with E-state index < -0.39 is 0 Å². The smallest absolute Gasteiger partial charge is 0.236 e. The lowest BCUT2D eigenvalue weighted by Gasteiger charge is -2.36. The Morgan fingerprint density at radius 1 is 1.03 bits per heavy atom. The molecular weight excluding hydrogens is 418 g/mol. The van der Waals surface area contributed by atoms with Crippen LogP contribution >= 0.6 is 0 Å². The molecule has 1 aliphatic rings. The van der Waals surface area contributed by atoms with Crippen molar-refractivity contribution >= 4 is 22.8 Å². The second kappa shape index (κ2) is 9.41. The first-order valence-electron chi connectivity index (χ1n) is 11.1. The number of piperazine rings is 1. The number of fused-ring (bicyclic) bond motifs is 1. The Kier molecular flexibility index (Phi) is 6.03. The van der Waals surface area contributed by atoms with Gasteiger partial charge in [0.15, 0.2) is 5.65 Å². The zero-order valence-electron chi connectivity index (χ0n) is 18.7. The highest BCUT2D eigenvalue weighted by Gasteiger charge is 2.25. The van der Waals surface area contributed by atoms with E-state index in [1.165, 1.54) is 5.56 Å². The molecule has 1 saturated heterocycles. The number of carbonyl (C=O) groups is 1. The largest absolute Gasteiger partial charge is 0.468 e. The van der Waals surface area contributed by atoms with Gasteiger partial charge in [0.2, 0.25) is 5.91 Å². The number of anilines is 1. The Labute approximate surface area is 192 Å². The highest BCUT2D eigenvalue weighted by Crippen LogP contribution is 2.23. The van der Waals surface area contributed by atoms with Crippen LogP contribution in [-0.4, -0.2) is 68.2 Å². The minimum atomic E-state index is 0.131. The molecule has 0 aliphatic carbocycles. The van der Waals surface area contributed by atoms with Gasteiger partial charge in [0.25, 0.3) is 0 Å². The Morgan fingerprint density at radius 3 is 2.61 bits per heavy atom. The van der Waals surface area contributed by atoms with Crippen LogP contribution in [0.4, 0.5) is 5.82 Å². The Bertz CT molecular complexity index is 1200. The first kappa shape index (κ1) is 21.1. The fourth-order valence-electron chi connectivity index (χ4n) is 4.29. The van der Waals surface area contributed by atoms with E-state index in [4.69, 9.17) is 4.42 Å². The maximum absolute atomic E-state index is 13.2. The number of aromatic nitrogens is 4. The number of aryl methyl sites for hydroxylation is 1. The molecule has 9 nitrogen and oxygen atoms in total. The molecule has 0 bridgehead atoms. The van der Waals surface area contributed by atoms with E-state index in [1.54, 1.807) is 23.5 Å². The zero-order valence-corrected chi connectivity index (χ0v) is 18.7. The lowest BCUT2D eigenvalue weighted by Crippen LogP contribution is -2.51. The van der Waals surface area contributed by atoms with Crippen LogP contribution < -0.4 is 4.90 Å². The summed E-state index contributed by atoms with van der Waals surface area (Å²) in [5, 5.41) is 5.24. The minimum Gasteiger partial charge on any atom is -0.468 e. The van der Waals surface area contributed by atoms with Gasteiger partial charge in [0.05, 0.1) is 30.9 Å². The molecular formula is C24H27N7O2. The number of hydrogen-bond donors (Lipinski definition) is 0. The average Bonchev–Trinajstić information content (AvgIpc) is 3.49. The molecule has 170 valence electrons. The fourth-order valence-corrected chi connectivity index (χ4v) is 4.29. The van der Waals surface area contributed by atoms with Gasteiger partial charge in [0.1, 0.15) is 17.9 Å². The van der Waals surface area contributed by atoms with Crippen LogP contribution in [0.25, 0.3) is 11.0 Å². The topological polar surface area (TPSA) is 83.5 Å². The first-order chi connectivity index (χ1) is 16.2. The van der Waals surface area contributed by atoms with Gasteiger partial charge < -0.3 is 14.2 Å². The van der Waals surface area contributed by atoms with Gasteiger partial charge >= 0.3 is 0 Å². The lowest BCUT2D eigenvalue weighted by molar-refractivity contribution is -0.133. The SMILES string of the molecule is Cn1ncc2c(N3CCN(C(=O)CN(Cc4ccccc4)Cc4ccco4)CC3)ncnc21. The summed E-state index contributed by atoms with van der Waals surface area (Å²) in [6.45, 7) is 4.39. The fraction of sp³-hybridized carbons (Fsp3) is 0.333. The van der Waals surface area contributed by atoms with Gasteiger partial charge in [-0.25, -0.2) is 9.97 Å². The van der Waals surface area contributed by atoms with Crippen molar-refractivity contribution < 1.29 is 9.21 Å². The summed E-state index contributed by atoms with van der Waals surface area (Å²) in [6, 6.07) is 14.0. The number of benzene rings is 1. The minimum absolute atomic E-state index is 0.131. The van der Waals surface area contributed by atoms with Gasteiger partial charge in [-0.05, 0) is 17.7 Å². The Morgan fingerprint density at radius 2 is 1.85 bits per heavy atom. The highest BCUT2D eigenvalue weighted by atomic mass is 16.3. The summed E-state index contributed by atoms with van der Waals surface area (Å²) >= 11 is 0. The molecule has 1 aromatic carbocycles. The van der Waals surface area contributed by atoms with Crippen LogP contribution in [0.1, 0.15) is 11.3 Å². The van der Waals surface area contributed by atoms with Crippen molar-refractivity contribution in [2.24, 2.45) is 7.05 Å². The van der Waals surface area contributed by atoms with Gasteiger partial charge in [-0.1, -0.05) is 30.3 Å². The van der Waals surface area contributed by atoms with Crippen molar-refractivity contribution in [2.45, 2.75) is 13.1 Å². The molecule has 1 fully saturated rings. The summed E-state index contributed by atoms with van der Waals surface area (Å²) in [5.74, 6) is 1.86. The number of amides is 1. The molecule has 33 heavy (non-hydrogen) atoms. The summed E-state index contributed by atoms with van der Waals surface area (Å²) in [7, 11) is 1.87. The van der Waals surface area contributed by atoms with Gasteiger partial charge in [-0.15, -0.1) is 0 Å². The van der Waals surface area contributed by atoms with Gasteiger partial charge in [0, 0.05) is 39.8 Å². The summed E-state index contributed by atoms with van der Waals surface area (Å²) in [5.41, 5.74) is 1.99. The summed E-state index contributed by atoms with van der Waals surface area (Å²) in [4.78, 5) is 28.3. The molecule has 3 aromatic heterocycles. The predicted molar refractivity (Wildman–Crippen MR) is 124 cm³/mol. The van der Waals surface area contributed by atoms with Crippen LogP contribution in [0.15, 0.2) is 65.7 Å². The molecule has 0 saturated carbocycles. The van der Waals surface area contributed by atoms with E-state index in [2.05, 4.69) is 37.0 Å². The van der Waals surface area contributed by atoms with Gasteiger partial charge in [-0.3, -0.25) is 14.4 Å². The predicted octanol–water partition coefficient (Wildman–Crippen LogP) is 2.31. The van der Waals surface area contributed by atoms with E-state index in [0.29, 0.717) is 32.7 Å². The molecule has 0 atom stereocenters. The molecule has 0 unspecified atom stereocenters. The van der Waals surface area contributed by atoms with Crippen molar-refractivity contribution in [1.29, 1.82) is 0 Å². The maximum Gasteiger partial charge on any atom is 0.236 e. The van der Waals surface area contributed by atoms with Crippen molar-refractivity contribution in [3.05, 3.63) is 72.6 Å². The number of nitrogens with zero attached hydrogens (tertiary/aromatic N) is 7. The molecule has 4 aromatic rings. The Hall–Kier alpha value is -3.72. The van der Waals surface area contributed by atoms with E-state index >= 15 is 0 Å². The van der Waals surface area contributed by atoms with E-state index in [9.17, 15) is 4.79 Å². The van der Waals surface area contributed by atoms with Crippen LogP contribution in [0.5, 0.6) is 0 Å². The molecule has 4 heterocycles. The second-order valence-electron chi connectivity index (χ2n) is 8.28. The van der Waals surface area contributed by atoms with Crippen LogP contribution in [-0.2, 0) is 24.9 Å². The third-order valence-electron chi connectivity index (χ3n) is 6.01. The van der Waals surface area contributed by atoms with Crippen molar-refractivity contribution in [1.82, 2.24) is 29.5 Å². The van der Waals surface area contributed by atoms with Crippen molar-refractivity contribution in [3.8, 4) is 0 Å². The standard InChI is InChI=1S/C24H27N7O2/c1-28-23-21(14-27-28)24(26-18-25-23)31-11-9-30(10-12-31)22(32)17-29(16-20-8-5-13-33-20)15-19-6-3-2-4-7-19/h2-8,13-14,18H,9-12,15-17H2,1H3. The Balaban J connectivity index is 1.23. The number of hydrogen-bond acceptors (Lipinski definition) is 7. The monoisotopic (exact) mass is 445 g/mol. The highest BCUT2D eigenvalue weighted by molar-refractivity contribution is 5.87. The third-order valence-corrected chi connectivity index (χ3v) is 6.01. The number of furan rings is 1. The normalized spacial score (nSPS) is 14.4. The van der Waals surface area contributed by atoms with Crippen LogP contribution in [0, 0.1) is 0 Å². The van der Waals surface area contributed by atoms with Crippen LogP contribution in [0.3, 0.4) is 0 Å². The molecule has 9 heteroatoms. The van der Waals surface area contributed by atoms with Crippen molar-refractivity contribution in [2.75, 3.05) is 37.6 Å². The summed E-state index contributed by atoms with van der Waals surface area (Å²) in [6.07, 6.45) is 5.05. The maximum atomic E-state index is 13.2. The first-order valence-corrected chi connectivity index (χ1v) is 11.1. The molecule has 0 N–H and O–H groups in total. The lowest BCUT2D eigenvalue weighted by atomic mass is 10.2. The van der Waals surface area contributed by atoms with Crippen molar-refractivity contribution in [3.63, 3.8) is 0 Å². The molecule has 0 spiro atoms. The molecule has 0 radical (unpaired) electrons. The molecule has 1 amide bonds. The number of carbonyl (C=O) groups excluding carboxylic acids is 1. The third kappa shape index (κ3) is 4.73. The summed E-state index contributed by atoms with van der Waals surface area (Å²) < 4.78 is 7.29. The quantitative estimate of drug-likeness (QED) is 0.432. The van der Waals surface area contributed by atoms with E-state index in [1.807, 2.05) is 42.3 Å². The second-order valence-corrected chi connectivity index (χ2v) is 8.28.